The van der Waals surface area contributed by atoms with Gasteiger partial charge < -0.3 is 10.4 Å². The van der Waals surface area contributed by atoms with Crippen molar-refractivity contribution >= 4 is 23.9 Å². The van der Waals surface area contributed by atoms with Crippen molar-refractivity contribution in [1.82, 2.24) is 5.32 Å². The fraction of sp³-hybridized carbons (Fsp3) is 0.333. The number of carboxylic acid groups (broad SMARTS) is 1. The summed E-state index contributed by atoms with van der Waals surface area (Å²) in [6.07, 6.45) is 3.01. The number of hydrogen-bond donors (Lipinski definition) is 2. The van der Waals surface area contributed by atoms with E-state index in [4.69, 9.17) is 5.11 Å². The molecule has 0 aliphatic carbocycles. The molecule has 2 atom stereocenters. The van der Waals surface area contributed by atoms with Gasteiger partial charge in [-0.3, -0.25) is 19.2 Å². The number of rotatable bonds is 2. The number of ketones is 1. The Balaban J connectivity index is 2.95. The molecule has 0 saturated heterocycles. The Labute approximate surface area is 85.0 Å². The maximum Gasteiger partial charge on any atom is 0.314 e. The molecule has 1 aliphatic heterocycles. The minimum atomic E-state index is -1.32. The summed E-state index contributed by atoms with van der Waals surface area (Å²) in [5.74, 6) is -3.94. The number of hydrogen-bond acceptors (Lipinski definition) is 4. The van der Waals surface area contributed by atoms with Crippen molar-refractivity contribution < 1.29 is 24.3 Å². The van der Waals surface area contributed by atoms with Crippen LogP contribution in [0, 0.1) is 5.92 Å². The second-order valence-corrected chi connectivity index (χ2v) is 3.04. The number of carboxylic acids is 1. The van der Waals surface area contributed by atoms with Gasteiger partial charge in [-0.05, 0) is 12.5 Å². The molecule has 1 amide bonds. The normalized spacial score (nSPS) is 28.5. The minimum Gasteiger partial charge on any atom is -0.481 e. The summed E-state index contributed by atoms with van der Waals surface area (Å²) in [7, 11) is 0. The molecule has 1 aliphatic rings. The Morgan fingerprint density at radius 2 is 2.13 bits per heavy atom. The lowest BCUT2D eigenvalue weighted by molar-refractivity contribution is -0.145. The van der Waals surface area contributed by atoms with Crippen LogP contribution in [0.25, 0.3) is 0 Å². The fourth-order valence-electron chi connectivity index (χ4n) is 1.20. The van der Waals surface area contributed by atoms with E-state index in [0.717, 1.165) is 12.2 Å². The van der Waals surface area contributed by atoms with Crippen LogP contribution in [-0.4, -0.2) is 35.1 Å². The molecule has 0 saturated carbocycles. The van der Waals surface area contributed by atoms with Gasteiger partial charge in [0.1, 0.15) is 5.92 Å². The number of carbonyl (C=O) groups is 3. The lowest BCUT2D eigenvalue weighted by Gasteiger charge is -2.16. The van der Waals surface area contributed by atoms with Crippen LogP contribution < -0.4 is 5.32 Å². The van der Waals surface area contributed by atoms with Crippen LogP contribution in [-0.2, 0) is 19.2 Å². The maximum absolute atomic E-state index is 11.2. The predicted octanol–water partition coefficient (Wildman–Crippen LogP) is -1.19. The zero-order valence-electron chi connectivity index (χ0n) is 7.60. The van der Waals surface area contributed by atoms with E-state index in [9.17, 15) is 19.2 Å². The van der Waals surface area contributed by atoms with Gasteiger partial charge in [-0.25, -0.2) is 0 Å². The lowest BCUT2D eigenvalue weighted by atomic mass is 9.94. The third-order valence-corrected chi connectivity index (χ3v) is 1.97. The third kappa shape index (κ3) is 2.73. The first-order valence-electron chi connectivity index (χ1n) is 4.17. The molecule has 15 heavy (non-hydrogen) atoms. The van der Waals surface area contributed by atoms with Gasteiger partial charge >= 0.3 is 5.97 Å². The van der Waals surface area contributed by atoms with E-state index in [1.54, 1.807) is 0 Å². The molecular formula is C9H8NO5. The van der Waals surface area contributed by atoms with Crippen molar-refractivity contribution in [2.75, 3.05) is 0 Å². The summed E-state index contributed by atoms with van der Waals surface area (Å²) in [6.45, 7) is 0. The molecule has 0 fully saturated rings. The van der Waals surface area contributed by atoms with E-state index >= 15 is 0 Å². The van der Waals surface area contributed by atoms with Gasteiger partial charge in [-0.1, -0.05) is 0 Å². The fourth-order valence-corrected chi connectivity index (χ4v) is 1.20. The Bertz CT molecular complexity index is 346. The molecular weight excluding hydrogens is 202 g/mol. The molecule has 1 heterocycles. The molecule has 6 heteroatoms. The monoisotopic (exact) mass is 210 g/mol. The highest BCUT2D eigenvalue weighted by atomic mass is 16.4. The Morgan fingerprint density at radius 1 is 1.47 bits per heavy atom. The molecule has 0 aromatic rings. The van der Waals surface area contributed by atoms with Gasteiger partial charge in [0.15, 0.2) is 5.78 Å². The van der Waals surface area contributed by atoms with Crippen molar-refractivity contribution in [2.45, 2.75) is 12.5 Å². The van der Waals surface area contributed by atoms with Crippen LogP contribution in [0.2, 0.25) is 0 Å². The van der Waals surface area contributed by atoms with Gasteiger partial charge in [-0.15, -0.1) is 0 Å². The topological polar surface area (TPSA) is 101 Å². The van der Waals surface area contributed by atoms with E-state index in [1.807, 2.05) is 0 Å². The quantitative estimate of drug-likeness (QED) is 0.558. The highest BCUT2D eigenvalue weighted by Crippen LogP contribution is 2.11. The summed E-state index contributed by atoms with van der Waals surface area (Å²) in [5, 5.41) is 10.9. The Hall–Kier alpha value is -1.98. The molecule has 6 nitrogen and oxygen atoms in total. The van der Waals surface area contributed by atoms with Crippen molar-refractivity contribution in [3.8, 4) is 0 Å². The molecule has 1 radical (unpaired) electrons. The summed E-state index contributed by atoms with van der Waals surface area (Å²) >= 11 is 0. The second kappa shape index (κ2) is 4.50. The minimum absolute atomic E-state index is 0.270. The standard InChI is InChI=1S/C9H8NO5/c11-4-5-3-6(9(14)15)7(12)1-2-8(13)10-5/h1-2,5-6H,3H2,(H,10,13)(H,14,15)/b2-1-/t5-,6?/m0/s1. The highest BCUT2D eigenvalue weighted by molar-refractivity contribution is 6.08. The van der Waals surface area contributed by atoms with Gasteiger partial charge in [0.25, 0.3) is 0 Å². The molecule has 0 bridgehead atoms. The van der Waals surface area contributed by atoms with Crippen LogP contribution in [0.5, 0.6) is 0 Å². The number of carbonyl (C=O) groups excluding carboxylic acids is 3. The third-order valence-electron chi connectivity index (χ3n) is 1.97. The van der Waals surface area contributed by atoms with Crippen molar-refractivity contribution in [3.05, 3.63) is 12.2 Å². The van der Waals surface area contributed by atoms with Crippen LogP contribution >= 0.6 is 0 Å². The molecule has 0 aromatic carbocycles. The molecule has 0 aromatic heterocycles. The summed E-state index contributed by atoms with van der Waals surface area (Å²) < 4.78 is 0. The maximum atomic E-state index is 11.2. The van der Waals surface area contributed by atoms with Crippen molar-refractivity contribution in [1.29, 1.82) is 0 Å². The smallest absolute Gasteiger partial charge is 0.314 e. The highest BCUT2D eigenvalue weighted by Gasteiger charge is 2.30. The first-order valence-corrected chi connectivity index (χ1v) is 4.17. The first kappa shape index (κ1) is 11.1. The zero-order chi connectivity index (χ0) is 11.4. The van der Waals surface area contributed by atoms with Crippen molar-refractivity contribution in [3.63, 3.8) is 0 Å². The van der Waals surface area contributed by atoms with E-state index in [0.29, 0.717) is 0 Å². The van der Waals surface area contributed by atoms with E-state index in [2.05, 4.69) is 5.32 Å². The SMILES string of the molecule is O=[C][C@@H]1CC(C(=O)O)C(=O)/C=C\C(=O)N1. The summed E-state index contributed by atoms with van der Waals surface area (Å²) in [4.78, 5) is 43.2. The molecule has 79 valence electrons. The molecule has 1 rings (SSSR count). The van der Waals surface area contributed by atoms with Gasteiger partial charge in [0, 0.05) is 6.08 Å². The van der Waals surface area contributed by atoms with E-state index < -0.39 is 29.6 Å². The van der Waals surface area contributed by atoms with E-state index in [1.165, 1.54) is 6.29 Å². The summed E-state index contributed by atoms with van der Waals surface area (Å²) in [6, 6.07) is -1.06. The Morgan fingerprint density at radius 3 is 2.67 bits per heavy atom. The van der Waals surface area contributed by atoms with Crippen LogP contribution in [0.1, 0.15) is 6.42 Å². The average Bonchev–Trinajstić information content (AvgIpc) is 2.17. The van der Waals surface area contributed by atoms with Gasteiger partial charge in [0.2, 0.25) is 12.2 Å². The predicted molar refractivity (Wildman–Crippen MR) is 47.5 cm³/mol. The van der Waals surface area contributed by atoms with Crippen LogP contribution in [0.3, 0.4) is 0 Å². The molecule has 1 unspecified atom stereocenters. The number of nitrogens with one attached hydrogen (secondary N) is 1. The number of aliphatic carboxylic acids is 1. The summed E-state index contributed by atoms with van der Waals surface area (Å²) in [5.41, 5.74) is 0. The van der Waals surface area contributed by atoms with Gasteiger partial charge in [0.05, 0.1) is 6.04 Å². The molecule has 2 N–H and O–H groups in total. The Kier molecular flexibility index (Phi) is 3.33. The zero-order valence-corrected chi connectivity index (χ0v) is 7.60. The lowest BCUT2D eigenvalue weighted by Crippen LogP contribution is -2.41. The van der Waals surface area contributed by atoms with Crippen molar-refractivity contribution in [2.24, 2.45) is 5.92 Å². The number of allylic oxidation sites excluding steroid dienone is 1. The van der Waals surface area contributed by atoms with Crippen LogP contribution in [0.15, 0.2) is 12.2 Å². The van der Waals surface area contributed by atoms with Gasteiger partial charge in [-0.2, -0.15) is 0 Å². The average molecular weight is 210 g/mol. The number of amides is 1. The largest absolute Gasteiger partial charge is 0.481 e. The molecule has 0 spiro atoms. The van der Waals surface area contributed by atoms with E-state index in [-0.39, 0.29) is 6.42 Å². The van der Waals surface area contributed by atoms with Crippen LogP contribution in [0.4, 0.5) is 0 Å². The second-order valence-electron chi connectivity index (χ2n) is 3.04. The first-order chi connectivity index (χ1) is 7.04.